The number of nitrogens with zero attached hydrogens (tertiary/aromatic N) is 1. The molecule has 1 aliphatic heterocycles. The first-order valence-electron chi connectivity index (χ1n) is 12.3. The fourth-order valence-corrected chi connectivity index (χ4v) is 7.11. The van der Waals surface area contributed by atoms with Gasteiger partial charge in [0.25, 0.3) is 0 Å². The van der Waals surface area contributed by atoms with Gasteiger partial charge >= 0.3 is 0 Å². The van der Waals surface area contributed by atoms with Crippen LogP contribution >= 0.6 is 0 Å². The molecule has 0 bridgehead atoms. The largest absolute Gasteiger partial charge is 0.308 e. The second-order valence-electron chi connectivity index (χ2n) is 10.1. The van der Waals surface area contributed by atoms with Crippen LogP contribution in [-0.2, 0) is 19.3 Å². The quantitative estimate of drug-likeness (QED) is 0.231. The van der Waals surface area contributed by atoms with Crippen molar-refractivity contribution in [2.75, 3.05) is 0 Å². The lowest BCUT2D eigenvalue weighted by Crippen LogP contribution is -2.10. The van der Waals surface area contributed by atoms with Gasteiger partial charge in [0.1, 0.15) is 0 Å². The Morgan fingerprint density at radius 2 is 1.15 bits per heavy atom. The topological polar surface area (TPSA) is 4.93 Å². The van der Waals surface area contributed by atoms with Crippen molar-refractivity contribution < 1.29 is 0 Å². The number of aromatic nitrogens is 1. The van der Waals surface area contributed by atoms with Gasteiger partial charge in [-0.15, -0.1) is 0 Å². The maximum absolute atomic E-state index is 2.62. The molecule has 1 aromatic heterocycles. The van der Waals surface area contributed by atoms with Crippen molar-refractivity contribution in [3.63, 3.8) is 0 Å². The zero-order chi connectivity index (χ0) is 22.0. The second-order valence-corrected chi connectivity index (χ2v) is 10.1. The van der Waals surface area contributed by atoms with Gasteiger partial charge in [-0.2, -0.15) is 0 Å². The fraction of sp³-hybridized carbons (Fsp3) is 0.0909. The average molecular weight is 432 g/mol. The van der Waals surface area contributed by atoms with Crippen LogP contribution in [-0.4, -0.2) is 4.57 Å². The number of benzene rings is 5. The Balaban J connectivity index is 1.50. The van der Waals surface area contributed by atoms with Crippen LogP contribution in [0.1, 0.15) is 33.4 Å². The molecule has 0 fully saturated rings. The van der Waals surface area contributed by atoms with Crippen LogP contribution in [0.3, 0.4) is 0 Å². The standard InChI is InChI=1S/C33H21N/c1-4-10-23-20(8-1)16-27-25(23)13-14-26-28-18-22-15-19-7-2-5-11-24(19)31(22)29-17-21-9-3-6-12-30(21)34(32(26)27)33(28)29/h1-14,18H,15-17H2. The predicted octanol–water partition coefficient (Wildman–Crippen LogP) is 7.83. The lowest BCUT2D eigenvalue weighted by molar-refractivity contribution is 1.04. The van der Waals surface area contributed by atoms with Crippen molar-refractivity contribution >= 4 is 21.8 Å². The molecule has 0 unspecified atom stereocenters. The molecular weight excluding hydrogens is 410 g/mol. The maximum atomic E-state index is 2.62. The molecule has 6 aromatic rings. The van der Waals surface area contributed by atoms with Gasteiger partial charge in [-0.25, -0.2) is 0 Å². The van der Waals surface area contributed by atoms with Crippen LogP contribution < -0.4 is 0 Å². The van der Waals surface area contributed by atoms with Gasteiger partial charge in [-0.05, 0) is 74.2 Å². The summed E-state index contributed by atoms with van der Waals surface area (Å²) < 4.78 is 2.62. The van der Waals surface area contributed by atoms with Crippen LogP contribution in [0.4, 0.5) is 0 Å². The molecule has 9 rings (SSSR count). The van der Waals surface area contributed by atoms with Gasteiger partial charge < -0.3 is 4.57 Å². The van der Waals surface area contributed by atoms with E-state index in [0.29, 0.717) is 0 Å². The van der Waals surface area contributed by atoms with Gasteiger partial charge in [-0.1, -0.05) is 78.9 Å². The number of para-hydroxylation sites is 1. The lowest BCUT2D eigenvalue weighted by Gasteiger charge is -2.23. The van der Waals surface area contributed by atoms with Crippen LogP contribution in [0.25, 0.3) is 49.7 Å². The van der Waals surface area contributed by atoms with E-state index in [4.69, 9.17) is 0 Å². The molecule has 0 spiro atoms. The van der Waals surface area contributed by atoms with Gasteiger partial charge in [-0.3, -0.25) is 0 Å². The van der Waals surface area contributed by atoms with Crippen molar-refractivity contribution in [3.05, 3.63) is 124 Å². The summed E-state index contributed by atoms with van der Waals surface area (Å²) in [6.07, 6.45) is 3.06. The molecule has 158 valence electrons. The molecule has 1 nitrogen and oxygen atoms in total. The first kappa shape index (κ1) is 17.4. The third-order valence-corrected chi connectivity index (χ3v) is 8.44. The Bertz CT molecular complexity index is 1880. The molecule has 34 heavy (non-hydrogen) atoms. The normalized spacial score (nSPS) is 14.1. The highest BCUT2D eigenvalue weighted by molar-refractivity contribution is 6.16. The third-order valence-electron chi connectivity index (χ3n) is 8.44. The Morgan fingerprint density at radius 1 is 0.471 bits per heavy atom. The second kappa shape index (κ2) is 5.87. The Hall–Kier alpha value is -4.10. The van der Waals surface area contributed by atoms with E-state index in [2.05, 4.69) is 95.6 Å². The fourth-order valence-electron chi connectivity index (χ4n) is 7.11. The number of hydrogen-bond acceptors (Lipinski definition) is 0. The summed E-state index contributed by atoms with van der Waals surface area (Å²) in [6.45, 7) is 0. The number of rotatable bonds is 0. The van der Waals surface area contributed by atoms with E-state index in [9.17, 15) is 0 Å². The van der Waals surface area contributed by atoms with E-state index in [-0.39, 0.29) is 0 Å². The summed E-state index contributed by atoms with van der Waals surface area (Å²) in [4.78, 5) is 0. The molecular formula is C33H21N. The van der Waals surface area contributed by atoms with Crippen LogP contribution in [0.15, 0.2) is 91.0 Å². The monoisotopic (exact) mass is 431 g/mol. The Morgan fingerprint density at radius 3 is 2.03 bits per heavy atom. The van der Waals surface area contributed by atoms with Crippen molar-refractivity contribution in [2.45, 2.75) is 19.3 Å². The van der Waals surface area contributed by atoms with E-state index in [1.54, 1.807) is 0 Å². The third kappa shape index (κ3) is 1.94. The van der Waals surface area contributed by atoms with E-state index < -0.39 is 0 Å². The molecule has 3 aliphatic rings. The predicted molar refractivity (Wildman–Crippen MR) is 140 cm³/mol. The molecule has 2 aliphatic carbocycles. The average Bonchev–Trinajstić information content (AvgIpc) is 3.54. The molecule has 5 aromatic carbocycles. The minimum Gasteiger partial charge on any atom is -0.308 e. The van der Waals surface area contributed by atoms with Crippen LogP contribution in [0.2, 0.25) is 0 Å². The SMILES string of the molecule is c1ccc2c(c1)Cc1c-2ccc2c3cc4c(c5c3n(c12)-c1ccccc1C5)-c1ccccc1C4. The number of fused-ring (bicyclic) bond motifs is 13. The maximum Gasteiger partial charge on any atom is 0.0583 e. The van der Waals surface area contributed by atoms with E-state index in [0.717, 1.165) is 19.3 Å². The first-order chi connectivity index (χ1) is 16.9. The molecule has 1 heteroatoms. The lowest BCUT2D eigenvalue weighted by atomic mass is 9.89. The summed E-state index contributed by atoms with van der Waals surface area (Å²) in [5, 5.41) is 2.82. The number of hydrogen-bond donors (Lipinski definition) is 0. The summed E-state index contributed by atoms with van der Waals surface area (Å²) in [5.41, 5.74) is 18.7. The highest BCUT2D eigenvalue weighted by atomic mass is 15.0. The summed E-state index contributed by atoms with van der Waals surface area (Å²) in [6, 6.07) is 34.3. The zero-order valence-electron chi connectivity index (χ0n) is 18.7. The molecule has 0 saturated heterocycles. The van der Waals surface area contributed by atoms with Crippen LogP contribution in [0, 0.1) is 0 Å². The summed E-state index contributed by atoms with van der Waals surface area (Å²) in [7, 11) is 0. The van der Waals surface area contributed by atoms with Crippen molar-refractivity contribution in [2.24, 2.45) is 0 Å². The minimum atomic E-state index is 1.00. The smallest absolute Gasteiger partial charge is 0.0583 e. The molecule has 0 amide bonds. The van der Waals surface area contributed by atoms with Gasteiger partial charge in [0, 0.05) is 29.3 Å². The highest BCUT2D eigenvalue weighted by Gasteiger charge is 2.32. The Kier molecular flexibility index (Phi) is 3.00. The molecule has 0 saturated carbocycles. The van der Waals surface area contributed by atoms with E-state index in [1.807, 2.05) is 0 Å². The van der Waals surface area contributed by atoms with Gasteiger partial charge in [0.2, 0.25) is 0 Å². The molecule has 2 heterocycles. The van der Waals surface area contributed by atoms with Crippen molar-refractivity contribution in [1.82, 2.24) is 4.57 Å². The Labute approximate surface area is 197 Å². The minimum absolute atomic E-state index is 1.00. The van der Waals surface area contributed by atoms with Crippen LogP contribution in [0.5, 0.6) is 0 Å². The van der Waals surface area contributed by atoms with Gasteiger partial charge in [0.15, 0.2) is 0 Å². The summed E-state index contributed by atoms with van der Waals surface area (Å²) >= 11 is 0. The van der Waals surface area contributed by atoms with E-state index in [1.165, 1.54) is 83.1 Å². The summed E-state index contributed by atoms with van der Waals surface area (Å²) in [5.74, 6) is 0. The highest BCUT2D eigenvalue weighted by Crippen LogP contribution is 2.51. The first-order valence-corrected chi connectivity index (χ1v) is 12.3. The molecule has 0 atom stereocenters. The van der Waals surface area contributed by atoms with Crippen molar-refractivity contribution in [3.8, 4) is 27.9 Å². The molecule has 0 radical (unpaired) electrons. The zero-order valence-corrected chi connectivity index (χ0v) is 18.7. The van der Waals surface area contributed by atoms with Crippen molar-refractivity contribution in [1.29, 1.82) is 0 Å². The van der Waals surface area contributed by atoms with Gasteiger partial charge in [0.05, 0.1) is 11.0 Å². The van der Waals surface area contributed by atoms with E-state index >= 15 is 0 Å². The molecule has 0 N–H and O–H groups in total.